The number of benzene rings is 2. The number of halogens is 1. The van der Waals surface area contributed by atoms with Crippen molar-refractivity contribution >= 4 is 28.9 Å². The van der Waals surface area contributed by atoms with Crippen molar-refractivity contribution in [3.05, 3.63) is 58.6 Å². The third-order valence-corrected chi connectivity index (χ3v) is 4.12. The molecule has 4 heteroatoms. The highest BCUT2D eigenvalue weighted by Crippen LogP contribution is 2.27. The molecule has 22 heavy (non-hydrogen) atoms. The predicted octanol–water partition coefficient (Wildman–Crippen LogP) is 4.72. The Morgan fingerprint density at radius 3 is 2.50 bits per heavy atom. The fraction of sp³-hybridized carbons (Fsp3) is 0.278. The highest BCUT2D eigenvalue weighted by molar-refractivity contribution is 6.34. The van der Waals surface area contributed by atoms with Gasteiger partial charge in [0, 0.05) is 19.8 Å². The second kappa shape index (κ2) is 6.84. The zero-order valence-electron chi connectivity index (χ0n) is 13.5. The minimum absolute atomic E-state index is 0.376. The summed E-state index contributed by atoms with van der Waals surface area (Å²) in [5.74, 6) is 0.376. The van der Waals surface area contributed by atoms with Gasteiger partial charge in [-0.3, -0.25) is 5.41 Å². The van der Waals surface area contributed by atoms with Crippen molar-refractivity contribution in [1.29, 1.82) is 5.41 Å². The lowest BCUT2D eigenvalue weighted by Crippen LogP contribution is -2.39. The summed E-state index contributed by atoms with van der Waals surface area (Å²) in [7, 11) is 3.76. The largest absolute Gasteiger partial charge is 0.316 e. The monoisotopic (exact) mass is 315 g/mol. The van der Waals surface area contributed by atoms with E-state index in [9.17, 15) is 0 Å². The van der Waals surface area contributed by atoms with Gasteiger partial charge in [-0.25, -0.2) is 0 Å². The number of guanidine groups is 1. The quantitative estimate of drug-likeness (QED) is 0.656. The van der Waals surface area contributed by atoms with E-state index in [4.69, 9.17) is 17.0 Å². The Morgan fingerprint density at radius 2 is 1.82 bits per heavy atom. The normalized spacial score (nSPS) is 10.4. The summed E-state index contributed by atoms with van der Waals surface area (Å²) in [6, 6.07) is 14.1. The van der Waals surface area contributed by atoms with Gasteiger partial charge in [-0.15, -0.1) is 0 Å². The van der Waals surface area contributed by atoms with Gasteiger partial charge < -0.3 is 9.80 Å². The third-order valence-electron chi connectivity index (χ3n) is 3.80. The van der Waals surface area contributed by atoms with Gasteiger partial charge in [-0.05, 0) is 48.7 Å². The number of hydrogen-bond acceptors (Lipinski definition) is 1. The van der Waals surface area contributed by atoms with Crippen molar-refractivity contribution in [1.82, 2.24) is 0 Å². The standard InChI is InChI=1S/C18H22ClN3/c1-5-14-7-6-8-15(12-14)21(3)18(20)22(4)17-11-13(2)9-10-16(17)19/h6-12,20H,5H2,1-4H3. The molecule has 0 unspecified atom stereocenters. The van der Waals surface area contributed by atoms with E-state index in [0.717, 1.165) is 23.4 Å². The van der Waals surface area contributed by atoms with Crippen LogP contribution in [0.5, 0.6) is 0 Å². The van der Waals surface area contributed by atoms with E-state index in [1.54, 1.807) is 4.90 Å². The molecule has 0 bridgehead atoms. The highest BCUT2D eigenvalue weighted by Gasteiger charge is 2.16. The van der Waals surface area contributed by atoms with Crippen molar-refractivity contribution in [2.75, 3.05) is 23.9 Å². The molecule has 0 radical (unpaired) electrons. The first-order chi connectivity index (χ1) is 10.4. The summed E-state index contributed by atoms with van der Waals surface area (Å²) in [6.45, 7) is 4.15. The first kappa shape index (κ1) is 16.4. The molecule has 116 valence electrons. The second-order valence-corrected chi connectivity index (χ2v) is 5.83. The van der Waals surface area contributed by atoms with Crippen LogP contribution < -0.4 is 9.80 Å². The molecule has 0 heterocycles. The number of aryl methyl sites for hydroxylation is 2. The molecule has 0 saturated heterocycles. The van der Waals surface area contributed by atoms with Crippen molar-refractivity contribution in [2.24, 2.45) is 0 Å². The maximum Gasteiger partial charge on any atom is 0.202 e. The summed E-state index contributed by atoms with van der Waals surface area (Å²) in [6.07, 6.45) is 0.981. The molecule has 0 saturated carbocycles. The van der Waals surface area contributed by atoms with Crippen LogP contribution in [0.1, 0.15) is 18.1 Å². The summed E-state index contributed by atoms with van der Waals surface area (Å²) >= 11 is 6.28. The third kappa shape index (κ3) is 3.42. The lowest BCUT2D eigenvalue weighted by Gasteiger charge is -2.29. The number of hydrogen-bond donors (Lipinski definition) is 1. The molecular weight excluding hydrogens is 294 g/mol. The van der Waals surface area contributed by atoms with Crippen LogP contribution in [-0.4, -0.2) is 20.1 Å². The van der Waals surface area contributed by atoms with E-state index in [2.05, 4.69) is 19.1 Å². The molecule has 2 rings (SSSR count). The molecular formula is C18H22ClN3. The van der Waals surface area contributed by atoms with Crippen LogP contribution >= 0.6 is 11.6 Å². The van der Waals surface area contributed by atoms with Crippen molar-refractivity contribution in [2.45, 2.75) is 20.3 Å². The molecule has 0 atom stereocenters. The summed E-state index contributed by atoms with van der Waals surface area (Å²) in [5, 5.41) is 9.11. The molecule has 0 spiro atoms. The van der Waals surface area contributed by atoms with Crippen LogP contribution in [0.25, 0.3) is 0 Å². The van der Waals surface area contributed by atoms with E-state index in [1.165, 1.54) is 5.56 Å². The highest BCUT2D eigenvalue weighted by atomic mass is 35.5. The molecule has 0 aliphatic rings. The lowest BCUT2D eigenvalue weighted by molar-refractivity contribution is 1.10. The molecule has 0 fully saturated rings. The molecule has 1 N–H and O–H groups in total. The molecule has 2 aromatic rings. The van der Waals surface area contributed by atoms with E-state index in [-0.39, 0.29) is 0 Å². The van der Waals surface area contributed by atoms with Gasteiger partial charge in [-0.1, -0.05) is 36.7 Å². The Labute approximate surface area is 137 Å². The van der Waals surface area contributed by atoms with Gasteiger partial charge in [0.2, 0.25) is 5.96 Å². The SMILES string of the molecule is CCc1cccc(N(C)C(=N)N(C)c2cc(C)ccc2Cl)c1. The Hall–Kier alpha value is -2.00. The maximum absolute atomic E-state index is 8.46. The summed E-state index contributed by atoms with van der Waals surface area (Å²) in [5.41, 5.74) is 4.22. The number of nitrogens with one attached hydrogen (secondary N) is 1. The zero-order valence-corrected chi connectivity index (χ0v) is 14.3. The number of rotatable bonds is 3. The molecule has 2 aromatic carbocycles. The van der Waals surface area contributed by atoms with Gasteiger partial charge in [-0.2, -0.15) is 0 Å². The van der Waals surface area contributed by atoms with Crippen LogP contribution in [-0.2, 0) is 6.42 Å². The van der Waals surface area contributed by atoms with Crippen molar-refractivity contribution < 1.29 is 0 Å². The van der Waals surface area contributed by atoms with E-state index in [1.807, 2.05) is 56.3 Å². The minimum atomic E-state index is 0.376. The Morgan fingerprint density at radius 1 is 1.09 bits per heavy atom. The molecule has 0 aliphatic carbocycles. The Balaban J connectivity index is 2.27. The average Bonchev–Trinajstić information content (AvgIpc) is 2.55. The Bertz CT molecular complexity index is 682. The van der Waals surface area contributed by atoms with Gasteiger partial charge in [0.1, 0.15) is 0 Å². The molecule has 3 nitrogen and oxygen atoms in total. The number of nitrogens with zero attached hydrogens (tertiary/aromatic N) is 2. The van der Waals surface area contributed by atoms with Gasteiger partial charge in [0.05, 0.1) is 10.7 Å². The van der Waals surface area contributed by atoms with Crippen molar-refractivity contribution in [3.8, 4) is 0 Å². The zero-order chi connectivity index (χ0) is 16.3. The van der Waals surface area contributed by atoms with Crippen LogP contribution in [0, 0.1) is 12.3 Å². The van der Waals surface area contributed by atoms with Crippen LogP contribution in [0.2, 0.25) is 5.02 Å². The van der Waals surface area contributed by atoms with Gasteiger partial charge in [0.25, 0.3) is 0 Å². The van der Waals surface area contributed by atoms with E-state index in [0.29, 0.717) is 11.0 Å². The molecule has 0 amide bonds. The fourth-order valence-electron chi connectivity index (χ4n) is 2.33. The minimum Gasteiger partial charge on any atom is -0.316 e. The van der Waals surface area contributed by atoms with E-state index >= 15 is 0 Å². The maximum atomic E-state index is 8.46. The summed E-state index contributed by atoms with van der Waals surface area (Å²) < 4.78 is 0. The smallest absolute Gasteiger partial charge is 0.202 e. The first-order valence-corrected chi connectivity index (χ1v) is 7.73. The molecule has 0 aliphatic heterocycles. The first-order valence-electron chi connectivity index (χ1n) is 7.35. The average molecular weight is 316 g/mol. The van der Waals surface area contributed by atoms with Crippen LogP contribution in [0.15, 0.2) is 42.5 Å². The lowest BCUT2D eigenvalue weighted by atomic mass is 10.1. The Kier molecular flexibility index (Phi) is 5.09. The molecule has 0 aromatic heterocycles. The van der Waals surface area contributed by atoms with Crippen LogP contribution in [0.4, 0.5) is 11.4 Å². The van der Waals surface area contributed by atoms with E-state index < -0.39 is 0 Å². The second-order valence-electron chi connectivity index (χ2n) is 5.42. The van der Waals surface area contributed by atoms with Crippen molar-refractivity contribution in [3.63, 3.8) is 0 Å². The topological polar surface area (TPSA) is 30.3 Å². The predicted molar refractivity (Wildman–Crippen MR) is 96.5 cm³/mol. The van der Waals surface area contributed by atoms with Crippen LogP contribution in [0.3, 0.4) is 0 Å². The fourth-order valence-corrected chi connectivity index (χ4v) is 2.57. The van der Waals surface area contributed by atoms with Gasteiger partial charge >= 0.3 is 0 Å². The van der Waals surface area contributed by atoms with Gasteiger partial charge in [0.15, 0.2) is 0 Å². The number of anilines is 2. The summed E-state index contributed by atoms with van der Waals surface area (Å²) in [4.78, 5) is 3.66.